The van der Waals surface area contributed by atoms with Crippen LogP contribution in [0.2, 0.25) is 5.02 Å². The third-order valence-electron chi connectivity index (χ3n) is 4.28. The van der Waals surface area contributed by atoms with Crippen molar-refractivity contribution in [2.75, 3.05) is 11.9 Å². The van der Waals surface area contributed by atoms with Crippen molar-refractivity contribution in [1.82, 2.24) is 0 Å². The first-order valence-electron chi connectivity index (χ1n) is 8.49. The number of anilines is 1. The third kappa shape index (κ3) is 3.96. The molecule has 1 N–H and O–H groups in total. The number of nitrogens with zero attached hydrogens (tertiary/aromatic N) is 1. The molecule has 0 saturated carbocycles. The van der Waals surface area contributed by atoms with E-state index in [0.29, 0.717) is 10.6 Å². The van der Waals surface area contributed by atoms with Crippen LogP contribution in [0.3, 0.4) is 0 Å². The van der Waals surface area contributed by atoms with Gasteiger partial charge in [0.1, 0.15) is 10.0 Å². The largest absolute Gasteiger partial charge is 0.462 e. The number of rotatable bonds is 5. The summed E-state index contributed by atoms with van der Waals surface area (Å²) in [5.74, 6) is -1.01. The number of ether oxygens (including phenoxy) is 1. The molecule has 0 bridgehead atoms. The number of esters is 1. The van der Waals surface area contributed by atoms with Crippen molar-refractivity contribution in [2.24, 2.45) is 0 Å². The number of amides is 1. The Morgan fingerprint density at radius 1 is 1.33 bits per heavy atom. The number of hydrogen-bond acceptors (Lipinski definition) is 6. The van der Waals surface area contributed by atoms with Crippen molar-refractivity contribution in [3.8, 4) is 0 Å². The summed E-state index contributed by atoms with van der Waals surface area (Å²) in [6.45, 7) is 1.96. The van der Waals surface area contributed by atoms with Crippen LogP contribution in [0.5, 0.6) is 0 Å². The first kappa shape index (κ1) is 19.3. The molecule has 0 atom stereocenters. The number of carbonyl (C=O) groups is 2. The minimum absolute atomic E-state index is 0.0460. The molecule has 3 rings (SSSR count). The van der Waals surface area contributed by atoms with Gasteiger partial charge in [-0.25, -0.2) is 4.79 Å². The molecule has 0 fully saturated rings. The predicted octanol–water partition coefficient (Wildman–Crippen LogP) is 4.62. The Morgan fingerprint density at radius 3 is 2.78 bits per heavy atom. The van der Waals surface area contributed by atoms with Gasteiger partial charge in [-0.3, -0.25) is 14.9 Å². The first-order chi connectivity index (χ1) is 12.9. The maximum absolute atomic E-state index is 12.6. The zero-order valence-corrected chi connectivity index (χ0v) is 16.1. The molecular weight excluding hydrogens is 392 g/mol. The molecule has 0 unspecified atom stereocenters. The van der Waals surface area contributed by atoms with E-state index < -0.39 is 16.8 Å². The molecule has 1 heterocycles. The zero-order valence-electron chi connectivity index (χ0n) is 14.5. The molecule has 0 spiro atoms. The van der Waals surface area contributed by atoms with Crippen molar-refractivity contribution >= 4 is 45.5 Å². The summed E-state index contributed by atoms with van der Waals surface area (Å²) >= 11 is 7.15. The summed E-state index contributed by atoms with van der Waals surface area (Å²) in [4.78, 5) is 36.5. The minimum Gasteiger partial charge on any atom is -0.462 e. The van der Waals surface area contributed by atoms with E-state index >= 15 is 0 Å². The van der Waals surface area contributed by atoms with Gasteiger partial charge >= 0.3 is 5.97 Å². The predicted molar refractivity (Wildman–Crippen MR) is 103 cm³/mol. The second-order valence-electron chi connectivity index (χ2n) is 6.01. The Bertz CT molecular complexity index is 925. The SMILES string of the molecule is CCOC(=O)c1c(NC(=O)c2ccc(Cl)c([N+](=O)[O-])c2)sc2c1CCCC2. The van der Waals surface area contributed by atoms with E-state index in [1.54, 1.807) is 6.92 Å². The highest BCUT2D eigenvalue weighted by atomic mass is 35.5. The van der Waals surface area contributed by atoms with E-state index in [1.165, 1.54) is 23.5 Å². The van der Waals surface area contributed by atoms with Gasteiger partial charge in [0.2, 0.25) is 0 Å². The molecule has 2 aromatic rings. The van der Waals surface area contributed by atoms with Gasteiger partial charge in [-0.15, -0.1) is 11.3 Å². The summed E-state index contributed by atoms with van der Waals surface area (Å²) in [7, 11) is 0. The van der Waals surface area contributed by atoms with Crippen LogP contribution in [0.1, 0.15) is 50.9 Å². The number of aryl methyl sites for hydroxylation is 1. The maximum atomic E-state index is 12.6. The van der Waals surface area contributed by atoms with E-state index in [9.17, 15) is 19.7 Å². The van der Waals surface area contributed by atoms with Gasteiger partial charge in [0.15, 0.2) is 0 Å². The molecule has 7 nitrogen and oxygen atoms in total. The van der Waals surface area contributed by atoms with Crippen LogP contribution < -0.4 is 5.32 Å². The number of nitro benzene ring substituents is 1. The second kappa shape index (κ2) is 8.06. The van der Waals surface area contributed by atoms with E-state index in [1.807, 2.05) is 0 Å². The smallest absolute Gasteiger partial charge is 0.341 e. The first-order valence-corrected chi connectivity index (χ1v) is 9.68. The van der Waals surface area contributed by atoms with Crippen LogP contribution in [-0.2, 0) is 17.6 Å². The lowest BCUT2D eigenvalue weighted by molar-refractivity contribution is -0.384. The Labute approximate surface area is 164 Å². The third-order valence-corrected chi connectivity index (χ3v) is 5.81. The Morgan fingerprint density at radius 2 is 2.07 bits per heavy atom. The molecule has 27 heavy (non-hydrogen) atoms. The summed E-state index contributed by atoms with van der Waals surface area (Å²) in [5.41, 5.74) is 1.07. The average Bonchev–Trinajstić information content (AvgIpc) is 2.99. The highest BCUT2D eigenvalue weighted by Crippen LogP contribution is 2.39. The number of thiophene rings is 1. The van der Waals surface area contributed by atoms with Gasteiger partial charge in [0.25, 0.3) is 11.6 Å². The van der Waals surface area contributed by atoms with E-state index in [4.69, 9.17) is 16.3 Å². The molecule has 0 aliphatic heterocycles. The highest BCUT2D eigenvalue weighted by molar-refractivity contribution is 7.17. The van der Waals surface area contributed by atoms with Gasteiger partial charge < -0.3 is 10.1 Å². The number of hydrogen-bond donors (Lipinski definition) is 1. The number of benzene rings is 1. The summed E-state index contributed by atoms with van der Waals surface area (Å²) < 4.78 is 5.16. The van der Waals surface area contributed by atoms with E-state index in [0.717, 1.165) is 42.2 Å². The van der Waals surface area contributed by atoms with Crippen LogP contribution >= 0.6 is 22.9 Å². The van der Waals surface area contributed by atoms with Crippen molar-refractivity contribution in [2.45, 2.75) is 32.6 Å². The number of fused-ring (bicyclic) bond motifs is 1. The Kier molecular flexibility index (Phi) is 5.76. The molecule has 1 aliphatic rings. The normalized spacial score (nSPS) is 13.0. The Hall–Kier alpha value is -2.45. The fourth-order valence-corrected chi connectivity index (χ4v) is 4.50. The monoisotopic (exact) mass is 408 g/mol. The number of nitro groups is 1. The van der Waals surface area contributed by atoms with Crippen LogP contribution in [0.25, 0.3) is 0 Å². The highest BCUT2D eigenvalue weighted by Gasteiger charge is 2.27. The molecular formula is C18H17ClN2O5S. The maximum Gasteiger partial charge on any atom is 0.341 e. The standard InChI is InChI=1S/C18H17ClN2O5S/c1-2-26-18(23)15-11-5-3-4-6-14(11)27-17(15)20-16(22)10-7-8-12(19)13(9-10)21(24)25/h7-9H,2-6H2,1H3,(H,20,22). The molecule has 1 aliphatic carbocycles. The van der Waals surface area contributed by atoms with Gasteiger partial charge in [0, 0.05) is 16.5 Å². The number of carbonyl (C=O) groups excluding carboxylic acids is 2. The van der Waals surface area contributed by atoms with E-state index in [-0.39, 0.29) is 22.9 Å². The fraction of sp³-hybridized carbons (Fsp3) is 0.333. The second-order valence-corrected chi connectivity index (χ2v) is 7.53. The lowest BCUT2D eigenvalue weighted by Crippen LogP contribution is -2.16. The quantitative estimate of drug-likeness (QED) is 0.442. The van der Waals surface area contributed by atoms with E-state index in [2.05, 4.69) is 5.32 Å². The molecule has 1 aromatic heterocycles. The zero-order chi connectivity index (χ0) is 19.6. The molecule has 0 saturated heterocycles. The molecule has 0 radical (unpaired) electrons. The van der Waals surface area contributed by atoms with Crippen LogP contribution in [-0.4, -0.2) is 23.4 Å². The van der Waals surface area contributed by atoms with Gasteiger partial charge in [-0.05, 0) is 50.3 Å². The number of nitrogens with one attached hydrogen (secondary N) is 1. The van der Waals surface area contributed by atoms with Gasteiger partial charge in [0.05, 0.1) is 17.1 Å². The van der Waals surface area contributed by atoms with Crippen molar-refractivity contribution in [1.29, 1.82) is 0 Å². The average molecular weight is 409 g/mol. The summed E-state index contributed by atoms with van der Waals surface area (Å²) in [5, 5.41) is 14.1. The molecule has 1 aromatic carbocycles. The summed E-state index contributed by atoms with van der Waals surface area (Å²) in [6, 6.07) is 3.83. The van der Waals surface area contributed by atoms with Crippen molar-refractivity contribution < 1.29 is 19.2 Å². The fourth-order valence-electron chi connectivity index (χ4n) is 3.04. The van der Waals surface area contributed by atoms with Crippen LogP contribution in [0, 0.1) is 10.1 Å². The number of halogens is 1. The minimum atomic E-state index is -0.646. The van der Waals surface area contributed by atoms with Gasteiger partial charge in [-0.2, -0.15) is 0 Å². The lowest BCUT2D eigenvalue weighted by atomic mass is 9.95. The van der Waals surface area contributed by atoms with Gasteiger partial charge in [-0.1, -0.05) is 11.6 Å². The molecule has 1 amide bonds. The molecule has 142 valence electrons. The van der Waals surface area contributed by atoms with Crippen LogP contribution in [0.15, 0.2) is 18.2 Å². The van der Waals surface area contributed by atoms with Crippen LogP contribution in [0.4, 0.5) is 10.7 Å². The van der Waals surface area contributed by atoms with Crippen molar-refractivity contribution in [3.05, 3.63) is 54.9 Å². The van der Waals surface area contributed by atoms with Crippen molar-refractivity contribution in [3.63, 3.8) is 0 Å². The summed E-state index contributed by atoms with van der Waals surface area (Å²) in [6.07, 6.45) is 3.64. The Balaban J connectivity index is 1.94. The topological polar surface area (TPSA) is 98.5 Å². The molecule has 9 heteroatoms. The lowest BCUT2D eigenvalue weighted by Gasteiger charge is -2.12.